The molecule has 0 aliphatic carbocycles. The van der Waals surface area contributed by atoms with E-state index < -0.39 is 0 Å². The Morgan fingerprint density at radius 1 is 0.800 bits per heavy atom. The topological polar surface area (TPSA) is 26.0 Å². The van der Waals surface area contributed by atoms with Gasteiger partial charge in [-0.2, -0.15) is 0 Å². The Labute approximate surface area is 96.8 Å². The Morgan fingerprint density at radius 2 is 1.20 bits per heavy atom. The third-order valence-corrected chi connectivity index (χ3v) is 4.13. The molecule has 0 spiro atoms. The van der Waals surface area contributed by atoms with Gasteiger partial charge in [-0.3, -0.25) is 0 Å². The van der Waals surface area contributed by atoms with Gasteiger partial charge in [-0.1, -0.05) is 53.9 Å². The van der Waals surface area contributed by atoms with Gasteiger partial charge in [-0.05, 0) is 31.1 Å². The van der Waals surface area contributed by atoms with Gasteiger partial charge in [0.05, 0.1) is 0 Å². The minimum atomic E-state index is 0.0494. The van der Waals surface area contributed by atoms with Crippen LogP contribution in [0.4, 0.5) is 0 Å². The van der Waals surface area contributed by atoms with E-state index in [1.54, 1.807) is 0 Å². The average molecular weight is 213 g/mol. The molecule has 0 aromatic carbocycles. The van der Waals surface area contributed by atoms with Gasteiger partial charge in [-0.25, -0.2) is 0 Å². The molecule has 0 saturated carbocycles. The Hall–Kier alpha value is -0.0400. The number of hydrogen-bond donors (Lipinski definition) is 1. The van der Waals surface area contributed by atoms with Gasteiger partial charge in [0.2, 0.25) is 0 Å². The molecule has 0 rings (SSSR count). The van der Waals surface area contributed by atoms with Crippen molar-refractivity contribution in [3.05, 3.63) is 0 Å². The molecule has 0 heterocycles. The van der Waals surface area contributed by atoms with Crippen molar-refractivity contribution in [2.75, 3.05) is 0 Å². The fraction of sp³-hybridized carbons (Fsp3) is 1.00. The van der Waals surface area contributed by atoms with Crippen molar-refractivity contribution in [2.24, 2.45) is 11.1 Å². The number of nitrogens with two attached hydrogens (primary N) is 1. The van der Waals surface area contributed by atoms with Crippen LogP contribution in [0.25, 0.3) is 0 Å². The average Bonchev–Trinajstić information content (AvgIpc) is 2.18. The summed E-state index contributed by atoms with van der Waals surface area (Å²) >= 11 is 0. The lowest BCUT2D eigenvalue weighted by Gasteiger charge is -2.47. The van der Waals surface area contributed by atoms with Gasteiger partial charge in [0, 0.05) is 5.54 Å². The maximum absolute atomic E-state index is 6.66. The highest BCUT2D eigenvalue weighted by molar-refractivity contribution is 4.98. The minimum absolute atomic E-state index is 0.0494. The van der Waals surface area contributed by atoms with Crippen LogP contribution in [0.15, 0.2) is 0 Å². The van der Waals surface area contributed by atoms with Crippen LogP contribution in [0, 0.1) is 5.41 Å². The zero-order valence-corrected chi connectivity index (χ0v) is 11.5. The fourth-order valence-electron chi connectivity index (χ4n) is 3.08. The van der Waals surface area contributed by atoms with Gasteiger partial charge in [0.1, 0.15) is 0 Å². The normalized spacial score (nSPS) is 16.4. The zero-order valence-electron chi connectivity index (χ0n) is 11.5. The number of rotatable bonds is 8. The maximum Gasteiger partial charge on any atom is 0.0205 e. The quantitative estimate of drug-likeness (QED) is 0.631. The molecule has 0 aliphatic heterocycles. The molecule has 0 radical (unpaired) electrons. The van der Waals surface area contributed by atoms with E-state index in [4.69, 9.17) is 5.73 Å². The first-order valence-electron chi connectivity index (χ1n) is 6.78. The van der Waals surface area contributed by atoms with Gasteiger partial charge in [0.15, 0.2) is 0 Å². The van der Waals surface area contributed by atoms with Crippen molar-refractivity contribution in [3.8, 4) is 0 Å². The Kier molecular flexibility index (Phi) is 6.51. The molecule has 2 N–H and O–H groups in total. The lowest BCUT2D eigenvalue weighted by atomic mass is 9.63. The molecule has 15 heavy (non-hydrogen) atoms. The molecular formula is C14H31N. The molecule has 92 valence electrons. The second-order valence-electron chi connectivity index (χ2n) is 5.32. The van der Waals surface area contributed by atoms with Crippen LogP contribution in [-0.4, -0.2) is 5.54 Å². The summed E-state index contributed by atoms with van der Waals surface area (Å²) in [6, 6.07) is 0. The van der Waals surface area contributed by atoms with E-state index in [1.165, 1.54) is 38.5 Å². The van der Waals surface area contributed by atoms with Crippen LogP contribution in [0.1, 0.15) is 79.6 Å². The predicted octanol–water partition coefficient (Wildman–Crippen LogP) is 4.50. The molecule has 0 aromatic heterocycles. The van der Waals surface area contributed by atoms with Crippen LogP contribution >= 0.6 is 0 Å². The monoisotopic (exact) mass is 213 g/mol. The van der Waals surface area contributed by atoms with Gasteiger partial charge in [0.25, 0.3) is 0 Å². The molecule has 0 amide bonds. The van der Waals surface area contributed by atoms with Gasteiger partial charge in [-0.15, -0.1) is 0 Å². The van der Waals surface area contributed by atoms with E-state index >= 15 is 0 Å². The summed E-state index contributed by atoms with van der Waals surface area (Å²) in [6.07, 6.45) is 8.51. The third kappa shape index (κ3) is 3.48. The molecule has 0 fully saturated rings. The summed E-state index contributed by atoms with van der Waals surface area (Å²) < 4.78 is 0. The van der Waals surface area contributed by atoms with Crippen molar-refractivity contribution in [3.63, 3.8) is 0 Å². The van der Waals surface area contributed by atoms with Crippen molar-refractivity contribution in [1.82, 2.24) is 0 Å². The SMILES string of the molecule is CCCC(C)(CCC)C(N)(CC)CCC. The highest BCUT2D eigenvalue weighted by Gasteiger charge is 2.41. The van der Waals surface area contributed by atoms with E-state index in [-0.39, 0.29) is 5.54 Å². The lowest BCUT2D eigenvalue weighted by molar-refractivity contribution is 0.0972. The largest absolute Gasteiger partial charge is 0.325 e. The Balaban J connectivity index is 4.81. The van der Waals surface area contributed by atoms with Gasteiger partial charge >= 0.3 is 0 Å². The lowest BCUT2D eigenvalue weighted by Crippen LogP contribution is -2.53. The van der Waals surface area contributed by atoms with Crippen molar-refractivity contribution in [2.45, 2.75) is 85.1 Å². The predicted molar refractivity (Wildman–Crippen MR) is 70.0 cm³/mol. The fourth-order valence-corrected chi connectivity index (χ4v) is 3.08. The summed E-state index contributed by atoms with van der Waals surface area (Å²) in [5.74, 6) is 0. The first-order valence-corrected chi connectivity index (χ1v) is 6.78. The number of hydrogen-bond acceptors (Lipinski definition) is 1. The summed E-state index contributed by atoms with van der Waals surface area (Å²) in [5, 5.41) is 0. The minimum Gasteiger partial charge on any atom is -0.325 e. The van der Waals surface area contributed by atoms with Crippen molar-refractivity contribution >= 4 is 0 Å². The van der Waals surface area contributed by atoms with Crippen LogP contribution in [0.3, 0.4) is 0 Å². The molecule has 1 atom stereocenters. The van der Waals surface area contributed by atoms with E-state index in [9.17, 15) is 0 Å². The van der Waals surface area contributed by atoms with Crippen LogP contribution < -0.4 is 5.73 Å². The molecular weight excluding hydrogens is 182 g/mol. The molecule has 1 heteroatoms. The highest BCUT2D eigenvalue weighted by atomic mass is 14.8. The second-order valence-corrected chi connectivity index (χ2v) is 5.32. The molecule has 0 aromatic rings. The molecule has 1 unspecified atom stereocenters. The Morgan fingerprint density at radius 3 is 1.47 bits per heavy atom. The van der Waals surface area contributed by atoms with Crippen LogP contribution in [0.2, 0.25) is 0 Å². The Bertz CT molecular complexity index is 159. The first-order chi connectivity index (χ1) is 6.99. The van der Waals surface area contributed by atoms with Crippen LogP contribution in [0.5, 0.6) is 0 Å². The third-order valence-electron chi connectivity index (χ3n) is 4.13. The zero-order chi connectivity index (χ0) is 11.9. The molecule has 0 saturated heterocycles. The standard InChI is InChI=1S/C14H31N/c1-6-10-13(5,11-7-2)14(15,9-4)12-8-3/h6-12,15H2,1-5H3. The first kappa shape index (κ1) is 15.0. The summed E-state index contributed by atoms with van der Waals surface area (Å²) in [7, 11) is 0. The second kappa shape index (κ2) is 6.52. The van der Waals surface area contributed by atoms with E-state index in [0.29, 0.717) is 5.41 Å². The summed E-state index contributed by atoms with van der Waals surface area (Å²) in [5.41, 5.74) is 7.04. The van der Waals surface area contributed by atoms with Gasteiger partial charge < -0.3 is 5.73 Å². The van der Waals surface area contributed by atoms with E-state index in [1.807, 2.05) is 0 Å². The van der Waals surface area contributed by atoms with Crippen LogP contribution in [-0.2, 0) is 0 Å². The van der Waals surface area contributed by atoms with Crippen molar-refractivity contribution in [1.29, 1.82) is 0 Å². The summed E-state index contributed by atoms with van der Waals surface area (Å²) in [6.45, 7) is 11.4. The summed E-state index contributed by atoms with van der Waals surface area (Å²) in [4.78, 5) is 0. The van der Waals surface area contributed by atoms with E-state index in [0.717, 1.165) is 6.42 Å². The maximum atomic E-state index is 6.66. The molecule has 1 nitrogen and oxygen atoms in total. The van der Waals surface area contributed by atoms with Crippen molar-refractivity contribution < 1.29 is 0 Å². The smallest absolute Gasteiger partial charge is 0.0205 e. The molecule has 0 bridgehead atoms. The van der Waals surface area contributed by atoms with E-state index in [2.05, 4.69) is 34.6 Å². The highest BCUT2D eigenvalue weighted by Crippen LogP contribution is 2.43. The molecule has 0 aliphatic rings.